The minimum atomic E-state index is -1.10. The van der Waals surface area contributed by atoms with Gasteiger partial charge in [0.25, 0.3) is 0 Å². The van der Waals surface area contributed by atoms with Crippen molar-refractivity contribution in [2.24, 2.45) is 0 Å². The van der Waals surface area contributed by atoms with Crippen LogP contribution in [0.25, 0.3) is 0 Å². The summed E-state index contributed by atoms with van der Waals surface area (Å²) in [6.45, 7) is 1.88. The van der Waals surface area contributed by atoms with Crippen molar-refractivity contribution in [1.82, 2.24) is 4.90 Å². The van der Waals surface area contributed by atoms with Gasteiger partial charge in [-0.2, -0.15) is 0 Å². The van der Waals surface area contributed by atoms with Crippen LogP contribution < -0.4 is 10.0 Å². The number of carbonyl (C=O) groups is 2. The molecule has 7 heteroatoms. The number of carbonyl (C=O) groups excluding carboxylic acids is 2. The molecule has 1 atom stereocenters. The van der Waals surface area contributed by atoms with E-state index in [1.165, 1.54) is 4.90 Å². The van der Waals surface area contributed by atoms with Crippen molar-refractivity contribution in [2.75, 3.05) is 38.3 Å². The lowest BCUT2D eigenvalue weighted by Crippen LogP contribution is -2.45. The highest BCUT2D eigenvalue weighted by atomic mass is 16.6. The Morgan fingerprint density at radius 1 is 1.29 bits per heavy atom. The number of hydrogen-bond acceptors (Lipinski definition) is 5. The number of benzene rings is 1. The van der Waals surface area contributed by atoms with Crippen molar-refractivity contribution >= 4 is 17.9 Å². The molecule has 130 valence electrons. The standard InChI is InChI=1S/C17H22N2O5/c1-23-11-15-10-19(17(22)24-15)14-4-2-12(3-5-14)13-6-8-18(9-7-13)16(20)21/h2-5,13,15H,6-11H2,1H3,(H,20,21)/p-1. The average molecular weight is 333 g/mol. The minimum Gasteiger partial charge on any atom is -0.530 e. The molecular weight excluding hydrogens is 312 g/mol. The Balaban J connectivity index is 1.62. The van der Waals surface area contributed by atoms with E-state index in [0.29, 0.717) is 32.2 Å². The topological polar surface area (TPSA) is 82.1 Å². The molecule has 1 aromatic rings. The molecule has 0 bridgehead atoms. The molecule has 0 saturated carbocycles. The van der Waals surface area contributed by atoms with Gasteiger partial charge in [-0.15, -0.1) is 0 Å². The fourth-order valence-electron chi connectivity index (χ4n) is 3.33. The van der Waals surface area contributed by atoms with Crippen molar-refractivity contribution in [3.05, 3.63) is 29.8 Å². The largest absolute Gasteiger partial charge is 0.530 e. The maximum atomic E-state index is 11.9. The van der Waals surface area contributed by atoms with E-state index in [2.05, 4.69) is 0 Å². The van der Waals surface area contributed by atoms with Crippen LogP contribution in [-0.4, -0.2) is 56.5 Å². The predicted molar refractivity (Wildman–Crippen MR) is 84.9 cm³/mol. The smallest absolute Gasteiger partial charge is 0.414 e. The maximum Gasteiger partial charge on any atom is 0.414 e. The molecule has 0 N–H and O–H groups in total. The van der Waals surface area contributed by atoms with E-state index in [-0.39, 0.29) is 12.2 Å². The van der Waals surface area contributed by atoms with Gasteiger partial charge >= 0.3 is 6.09 Å². The first-order valence-electron chi connectivity index (χ1n) is 8.11. The number of methoxy groups -OCH3 is 1. The van der Waals surface area contributed by atoms with Crippen LogP contribution in [0.3, 0.4) is 0 Å². The SMILES string of the molecule is COCC1CN(c2ccc(C3CCN(C(=O)[O-])CC3)cc2)C(=O)O1. The van der Waals surface area contributed by atoms with Gasteiger partial charge < -0.3 is 24.3 Å². The van der Waals surface area contributed by atoms with Gasteiger partial charge in [0.15, 0.2) is 0 Å². The third-order valence-corrected chi connectivity index (χ3v) is 4.66. The molecule has 2 amide bonds. The number of piperidine rings is 1. The summed E-state index contributed by atoms with van der Waals surface area (Å²) >= 11 is 0. The Labute approximate surface area is 140 Å². The number of rotatable bonds is 4. The Morgan fingerprint density at radius 3 is 2.54 bits per heavy atom. The van der Waals surface area contributed by atoms with Crippen molar-refractivity contribution in [3.63, 3.8) is 0 Å². The van der Waals surface area contributed by atoms with Crippen molar-refractivity contribution in [1.29, 1.82) is 0 Å². The third-order valence-electron chi connectivity index (χ3n) is 4.66. The van der Waals surface area contributed by atoms with Gasteiger partial charge in [0.05, 0.1) is 13.2 Å². The van der Waals surface area contributed by atoms with E-state index >= 15 is 0 Å². The fraction of sp³-hybridized carbons (Fsp3) is 0.529. The number of carboxylic acid groups (broad SMARTS) is 1. The molecule has 2 aliphatic heterocycles. The number of likely N-dealkylation sites (tertiary alicyclic amines) is 1. The molecule has 2 saturated heterocycles. The monoisotopic (exact) mass is 333 g/mol. The summed E-state index contributed by atoms with van der Waals surface area (Å²) in [5.41, 5.74) is 1.97. The first-order chi connectivity index (χ1) is 11.6. The molecule has 24 heavy (non-hydrogen) atoms. The Morgan fingerprint density at radius 2 is 1.96 bits per heavy atom. The second-order valence-electron chi connectivity index (χ2n) is 6.19. The molecule has 0 aliphatic carbocycles. The predicted octanol–water partition coefficient (Wildman–Crippen LogP) is 1.18. The number of anilines is 1. The number of cyclic esters (lactones) is 1. The van der Waals surface area contributed by atoms with E-state index in [4.69, 9.17) is 9.47 Å². The quantitative estimate of drug-likeness (QED) is 0.826. The molecule has 3 rings (SSSR count). The van der Waals surface area contributed by atoms with Gasteiger partial charge in [-0.25, -0.2) is 4.79 Å². The van der Waals surface area contributed by atoms with E-state index in [0.717, 1.165) is 24.1 Å². The van der Waals surface area contributed by atoms with Crippen LogP contribution in [-0.2, 0) is 9.47 Å². The molecule has 0 aromatic heterocycles. The lowest BCUT2D eigenvalue weighted by atomic mass is 9.89. The Kier molecular flexibility index (Phi) is 4.89. The van der Waals surface area contributed by atoms with Gasteiger partial charge in [0.2, 0.25) is 0 Å². The van der Waals surface area contributed by atoms with Gasteiger partial charge in [0, 0.05) is 25.9 Å². The zero-order valence-electron chi connectivity index (χ0n) is 13.6. The van der Waals surface area contributed by atoms with Crippen molar-refractivity contribution in [3.8, 4) is 0 Å². The molecule has 0 radical (unpaired) electrons. The first kappa shape index (κ1) is 16.6. The van der Waals surface area contributed by atoms with Gasteiger partial charge in [0.1, 0.15) is 12.2 Å². The van der Waals surface area contributed by atoms with Crippen molar-refractivity contribution in [2.45, 2.75) is 24.9 Å². The number of amides is 2. The van der Waals surface area contributed by atoms with Crippen LogP contribution in [0.5, 0.6) is 0 Å². The molecule has 1 aromatic carbocycles. The fourth-order valence-corrected chi connectivity index (χ4v) is 3.33. The van der Waals surface area contributed by atoms with E-state index in [9.17, 15) is 14.7 Å². The van der Waals surface area contributed by atoms with Crippen LogP contribution in [0, 0.1) is 0 Å². The van der Waals surface area contributed by atoms with Crippen LogP contribution in [0.2, 0.25) is 0 Å². The lowest BCUT2D eigenvalue weighted by molar-refractivity contribution is -0.266. The molecule has 7 nitrogen and oxygen atoms in total. The van der Waals surface area contributed by atoms with E-state index in [1.54, 1.807) is 12.0 Å². The minimum absolute atomic E-state index is 0.240. The zero-order valence-corrected chi connectivity index (χ0v) is 13.6. The van der Waals surface area contributed by atoms with Crippen LogP contribution >= 0.6 is 0 Å². The molecule has 2 fully saturated rings. The highest BCUT2D eigenvalue weighted by molar-refractivity contribution is 5.89. The van der Waals surface area contributed by atoms with E-state index < -0.39 is 6.09 Å². The summed E-state index contributed by atoms with van der Waals surface area (Å²) in [5, 5.41) is 10.8. The molecule has 2 heterocycles. The molecule has 2 aliphatic rings. The number of nitrogens with zero attached hydrogens (tertiary/aromatic N) is 2. The molecular formula is C17H21N2O5-. The highest BCUT2D eigenvalue weighted by Crippen LogP contribution is 2.30. The van der Waals surface area contributed by atoms with Crippen LogP contribution in [0.4, 0.5) is 15.3 Å². The third kappa shape index (κ3) is 3.46. The van der Waals surface area contributed by atoms with E-state index in [1.807, 2.05) is 24.3 Å². The number of ether oxygens (including phenoxy) is 2. The summed E-state index contributed by atoms with van der Waals surface area (Å²) < 4.78 is 10.3. The second-order valence-corrected chi connectivity index (χ2v) is 6.19. The summed E-state index contributed by atoms with van der Waals surface area (Å²) in [4.78, 5) is 25.7. The first-order valence-corrected chi connectivity index (χ1v) is 8.11. The Bertz CT molecular complexity index is 596. The zero-order chi connectivity index (χ0) is 17.1. The maximum absolute atomic E-state index is 11.9. The lowest BCUT2D eigenvalue weighted by Gasteiger charge is -2.34. The van der Waals surface area contributed by atoms with Gasteiger partial charge in [-0.05, 0) is 36.5 Å². The highest BCUT2D eigenvalue weighted by Gasteiger charge is 2.32. The molecule has 0 spiro atoms. The van der Waals surface area contributed by atoms with Gasteiger partial charge in [-0.3, -0.25) is 4.90 Å². The summed E-state index contributed by atoms with van der Waals surface area (Å²) in [6, 6.07) is 7.84. The number of hydrogen-bond donors (Lipinski definition) is 0. The second kappa shape index (κ2) is 7.09. The molecule has 1 unspecified atom stereocenters. The summed E-state index contributed by atoms with van der Waals surface area (Å²) in [5.74, 6) is 0.335. The normalized spacial score (nSPS) is 21.9. The Hall–Kier alpha value is -2.28. The van der Waals surface area contributed by atoms with Crippen LogP contribution in [0.1, 0.15) is 24.3 Å². The van der Waals surface area contributed by atoms with Crippen LogP contribution in [0.15, 0.2) is 24.3 Å². The van der Waals surface area contributed by atoms with Crippen molar-refractivity contribution < 1.29 is 24.2 Å². The summed E-state index contributed by atoms with van der Waals surface area (Å²) in [7, 11) is 1.58. The summed E-state index contributed by atoms with van der Waals surface area (Å²) in [6.07, 6.45) is -0.116. The van der Waals surface area contributed by atoms with Gasteiger partial charge in [-0.1, -0.05) is 12.1 Å². The average Bonchev–Trinajstić information content (AvgIpc) is 2.96.